The smallest absolute Gasteiger partial charge is 0.196 e. The van der Waals surface area contributed by atoms with E-state index in [2.05, 4.69) is 10.2 Å². The highest BCUT2D eigenvalue weighted by atomic mass is 35.5. The Labute approximate surface area is 194 Å². The van der Waals surface area contributed by atoms with Crippen LogP contribution in [0.5, 0.6) is 11.5 Å². The quantitative estimate of drug-likeness (QED) is 0.281. The molecule has 1 atom stereocenters. The summed E-state index contributed by atoms with van der Waals surface area (Å²) in [6.45, 7) is 0.316. The summed E-state index contributed by atoms with van der Waals surface area (Å²) in [6, 6.07) is 24.2. The Morgan fingerprint density at radius 2 is 1.69 bits per heavy atom. The highest BCUT2D eigenvalue weighted by molar-refractivity contribution is 7.99. The molecule has 1 aliphatic heterocycles. The van der Waals surface area contributed by atoms with E-state index in [0.717, 1.165) is 5.69 Å². The van der Waals surface area contributed by atoms with Crippen molar-refractivity contribution < 1.29 is 14.3 Å². The van der Waals surface area contributed by atoms with Crippen LogP contribution >= 0.6 is 23.4 Å². The lowest BCUT2D eigenvalue weighted by atomic mass is 10.1. The van der Waals surface area contributed by atoms with Gasteiger partial charge in [0.15, 0.2) is 34.4 Å². The molecule has 160 valence electrons. The Morgan fingerprint density at radius 3 is 2.47 bits per heavy atom. The van der Waals surface area contributed by atoms with E-state index in [1.165, 1.54) is 11.8 Å². The minimum absolute atomic E-state index is 0.0120. The zero-order chi connectivity index (χ0) is 21.9. The molecule has 2 heterocycles. The minimum Gasteiger partial charge on any atom is -0.485 e. The van der Waals surface area contributed by atoms with Crippen molar-refractivity contribution in [2.24, 2.45) is 0 Å². The van der Waals surface area contributed by atoms with Crippen LogP contribution in [-0.2, 0) is 0 Å². The fraction of sp³-hybridized carbons (Fsp3) is 0.125. The lowest BCUT2D eigenvalue weighted by Crippen LogP contribution is -2.24. The highest BCUT2D eigenvalue weighted by Gasteiger charge is 2.29. The average molecular weight is 464 g/mol. The van der Waals surface area contributed by atoms with Crippen LogP contribution < -0.4 is 9.47 Å². The number of fused-ring (bicyclic) bond motifs is 1. The van der Waals surface area contributed by atoms with E-state index < -0.39 is 6.10 Å². The fourth-order valence-corrected chi connectivity index (χ4v) is 4.38. The van der Waals surface area contributed by atoms with Crippen LogP contribution in [0.2, 0.25) is 5.02 Å². The molecule has 1 aromatic heterocycles. The SMILES string of the molecule is O=C(CSc1nnc(C2COc3ccccc3O2)n1-c1ccccc1)c1ccc(Cl)cc1. The van der Waals surface area contributed by atoms with Crippen LogP contribution in [-0.4, -0.2) is 32.9 Å². The van der Waals surface area contributed by atoms with Crippen LogP contribution in [0.3, 0.4) is 0 Å². The summed E-state index contributed by atoms with van der Waals surface area (Å²) in [7, 11) is 0. The molecular weight excluding hydrogens is 446 g/mol. The van der Waals surface area contributed by atoms with E-state index in [4.69, 9.17) is 21.1 Å². The molecule has 32 heavy (non-hydrogen) atoms. The second-order valence-corrected chi connectivity index (χ2v) is 8.47. The summed E-state index contributed by atoms with van der Waals surface area (Å²) in [5.41, 5.74) is 1.49. The number of ketones is 1. The first kappa shape index (κ1) is 20.6. The van der Waals surface area contributed by atoms with E-state index in [9.17, 15) is 4.79 Å². The molecular formula is C24H18ClN3O3S. The standard InChI is InChI=1S/C24H18ClN3O3S/c25-17-12-10-16(11-13-17)19(29)15-32-24-27-26-23(28(24)18-6-2-1-3-7-18)22-14-30-20-8-4-5-9-21(20)31-22/h1-13,22H,14-15H2. The largest absolute Gasteiger partial charge is 0.485 e. The molecule has 0 bridgehead atoms. The molecule has 0 radical (unpaired) electrons. The number of thioether (sulfide) groups is 1. The van der Waals surface area contributed by atoms with Crippen molar-refractivity contribution in [3.8, 4) is 17.2 Å². The van der Waals surface area contributed by atoms with Gasteiger partial charge in [-0.05, 0) is 48.5 Å². The molecule has 0 saturated carbocycles. The summed E-state index contributed by atoms with van der Waals surface area (Å²) in [6.07, 6.45) is -0.432. The van der Waals surface area contributed by atoms with Gasteiger partial charge in [-0.1, -0.05) is 53.7 Å². The monoisotopic (exact) mass is 463 g/mol. The Balaban J connectivity index is 1.43. The van der Waals surface area contributed by atoms with Gasteiger partial charge in [0.2, 0.25) is 0 Å². The van der Waals surface area contributed by atoms with Crippen molar-refractivity contribution in [1.82, 2.24) is 14.8 Å². The van der Waals surface area contributed by atoms with Gasteiger partial charge >= 0.3 is 0 Å². The molecule has 0 saturated heterocycles. The maximum absolute atomic E-state index is 12.7. The lowest BCUT2D eigenvalue weighted by Gasteiger charge is -2.26. The number of rotatable bonds is 6. The average Bonchev–Trinajstić information content (AvgIpc) is 3.27. The molecule has 4 aromatic rings. The number of halogens is 1. The number of nitrogens with zero attached hydrogens (tertiary/aromatic N) is 3. The number of aromatic nitrogens is 3. The van der Waals surface area contributed by atoms with Gasteiger partial charge in [0.25, 0.3) is 0 Å². The van der Waals surface area contributed by atoms with Crippen molar-refractivity contribution in [1.29, 1.82) is 0 Å². The van der Waals surface area contributed by atoms with E-state index in [-0.39, 0.29) is 11.5 Å². The summed E-state index contributed by atoms with van der Waals surface area (Å²) in [5, 5.41) is 9.98. The van der Waals surface area contributed by atoms with Gasteiger partial charge in [0.05, 0.1) is 5.75 Å². The molecule has 8 heteroatoms. The van der Waals surface area contributed by atoms with Gasteiger partial charge in [0, 0.05) is 16.3 Å². The van der Waals surface area contributed by atoms with Crippen LogP contribution in [0.25, 0.3) is 5.69 Å². The number of carbonyl (C=O) groups is 1. The summed E-state index contributed by atoms with van der Waals surface area (Å²) in [4.78, 5) is 12.7. The first-order valence-electron chi connectivity index (χ1n) is 10.00. The molecule has 1 aliphatic rings. The Bertz CT molecular complexity index is 1250. The van der Waals surface area contributed by atoms with E-state index >= 15 is 0 Å². The van der Waals surface area contributed by atoms with Crippen molar-refractivity contribution >= 4 is 29.1 Å². The second kappa shape index (κ2) is 9.06. The molecule has 0 N–H and O–H groups in total. The summed E-state index contributed by atoms with van der Waals surface area (Å²) < 4.78 is 14.0. The number of benzene rings is 3. The summed E-state index contributed by atoms with van der Waals surface area (Å²) in [5.74, 6) is 2.20. The van der Waals surface area contributed by atoms with Crippen LogP contribution in [0.15, 0.2) is 84.0 Å². The Hall–Kier alpha value is -3.29. The zero-order valence-corrected chi connectivity index (χ0v) is 18.4. The third-order valence-electron chi connectivity index (χ3n) is 4.97. The molecule has 0 fully saturated rings. The van der Waals surface area contributed by atoms with Gasteiger partial charge in [-0.2, -0.15) is 0 Å². The van der Waals surface area contributed by atoms with Crippen molar-refractivity contribution in [3.05, 3.63) is 95.3 Å². The lowest BCUT2D eigenvalue weighted by molar-refractivity contribution is 0.0835. The van der Waals surface area contributed by atoms with Crippen LogP contribution in [0.4, 0.5) is 0 Å². The highest BCUT2D eigenvalue weighted by Crippen LogP contribution is 2.37. The molecule has 0 amide bonds. The fourth-order valence-electron chi connectivity index (χ4n) is 3.40. The second-order valence-electron chi connectivity index (χ2n) is 7.09. The van der Waals surface area contributed by atoms with E-state index in [0.29, 0.717) is 39.7 Å². The zero-order valence-electron chi connectivity index (χ0n) is 16.8. The normalized spacial score (nSPS) is 14.8. The Kier molecular flexibility index (Phi) is 5.83. The molecule has 0 aliphatic carbocycles. The third-order valence-corrected chi connectivity index (χ3v) is 6.15. The Morgan fingerprint density at radius 1 is 0.969 bits per heavy atom. The predicted molar refractivity (Wildman–Crippen MR) is 123 cm³/mol. The number of Topliss-reactive ketones (excluding diaryl/α,β-unsaturated/α-hetero) is 1. The van der Waals surface area contributed by atoms with Gasteiger partial charge in [-0.3, -0.25) is 9.36 Å². The number of ether oxygens (including phenoxy) is 2. The van der Waals surface area contributed by atoms with Gasteiger partial charge in [-0.15, -0.1) is 10.2 Å². The van der Waals surface area contributed by atoms with Crippen LogP contribution in [0, 0.1) is 0 Å². The van der Waals surface area contributed by atoms with Gasteiger partial charge < -0.3 is 9.47 Å². The van der Waals surface area contributed by atoms with Gasteiger partial charge in [0.1, 0.15) is 6.61 Å². The number of carbonyl (C=O) groups excluding carboxylic acids is 1. The molecule has 5 rings (SSSR count). The van der Waals surface area contributed by atoms with Gasteiger partial charge in [-0.25, -0.2) is 0 Å². The number of hydrogen-bond acceptors (Lipinski definition) is 6. The molecule has 1 unspecified atom stereocenters. The maximum atomic E-state index is 12.7. The topological polar surface area (TPSA) is 66.2 Å². The van der Waals surface area contributed by atoms with Crippen LogP contribution in [0.1, 0.15) is 22.3 Å². The van der Waals surface area contributed by atoms with E-state index in [1.54, 1.807) is 24.3 Å². The van der Waals surface area contributed by atoms with E-state index in [1.807, 2.05) is 59.2 Å². The first-order valence-corrected chi connectivity index (χ1v) is 11.4. The predicted octanol–water partition coefficient (Wildman–Crippen LogP) is 5.41. The summed E-state index contributed by atoms with van der Waals surface area (Å²) >= 11 is 7.26. The van der Waals surface area contributed by atoms with Crippen molar-refractivity contribution in [2.75, 3.05) is 12.4 Å². The third kappa shape index (κ3) is 4.22. The number of hydrogen-bond donors (Lipinski definition) is 0. The van der Waals surface area contributed by atoms with Crippen molar-refractivity contribution in [3.63, 3.8) is 0 Å². The molecule has 6 nitrogen and oxygen atoms in total. The minimum atomic E-state index is -0.432. The molecule has 3 aromatic carbocycles. The maximum Gasteiger partial charge on any atom is 0.196 e. The molecule has 0 spiro atoms. The number of para-hydroxylation sites is 3. The first-order chi connectivity index (χ1) is 15.7. The van der Waals surface area contributed by atoms with Crippen molar-refractivity contribution in [2.45, 2.75) is 11.3 Å².